The van der Waals surface area contributed by atoms with Crippen molar-refractivity contribution >= 4 is 5.57 Å². The van der Waals surface area contributed by atoms with Gasteiger partial charge in [0.1, 0.15) is 0 Å². The Hall–Kier alpha value is -2.96. The molecule has 2 aromatic rings. The number of rotatable bonds is 2. The molecule has 0 bridgehead atoms. The molecular weight excluding hydrogens is 268 g/mol. The summed E-state index contributed by atoms with van der Waals surface area (Å²) in [7, 11) is 0. The van der Waals surface area contributed by atoms with Gasteiger partial charge in [-0.25, -0.2) is 0 Å². The minimum Gasteiger partial charge on any atom is -0.402 e. The fourth-order valence-corrected chi connectivity index (χ4v) is 2.45. The maximum atomic E-state index is 6.09. The summed E-state index contributed by atoms with van der Waals surface area (Å²) in [6.45, 7) is 0. The van der Waals surface area contributed by atoms with E-state index in [0.29, 0.717) is 6.42 Å². The number of benzene rings is 2. The highest BCUT2D eigenvalue weighted by molar-refractivity contribution is 5.80. The van der Waals surface area contributed by atoms with Crippen LogP contribution < -0.4 is 11.5 Å². The second-order valence-corrected chi connectivity index (χ2v) is 5.25. The van der Waals surface area contributed by atoms with Gasteiger partial charge in [-0.1, -0.05) is 60.7 Å². The lowest BCUT2D eigenvalue weighted by atomic mass is 9.95. The summed E-state index contributed by atoms with van der Waals surface area (Å²) >= 11 is 0. The predicted molar refractivity (Wildman–Crippen MR) is 91.6 cm³/mol. The maximum Gasteiger partial charge on any atom is 0.0429 e. The molecule has 0 spiro atoms. The van der Waals surface area contributed by atoms with Crippen LogP contribution in [0.25, 0.3) is 5.57 Å². The van der Waals surface area contributed by atoms with Gasteiger partial charge in [0.2, 0.25) is 0 Å². The summed E-state index contributed by atoms with van der Waals surface area (Å²) in [5, 5.41) is 0. The molecule has 22 heavy (non-hydrogen) atoms. The highest BCUT2D eigenvalue weighted by Crippen LogP contribution is 2.25. The Bertz CT molecular complexity index is 749. The van der Waals surface area contributed by atoms with Crippen molar-refractivity contribution in [3.8, 4) is 0 Å². The topological polar surface area (TPSA) is 52.0 Å². The lowest BCUT2D eigenvalue weighted by Crippen LogP contribution is -2.09. The average molecular weight is 286 g/mol. The van der Waals surface area contributed by atoms with Crippen molar-refractivity contribution in [1.29, 1.82) is 0 Å². The fourth-order valence-electron chi connectivity index (χ4n) is 2.45. The van der Waals surface area contributed by atoms with Crippen LogP contribution in [0.15, 0.2) is 95.5 Å². The van der Waals surface area contributed by atoms with E-state index in [1.807, 2.05) is 48.6 Å². The highest BCUT2D eigenvalue weighted by atomic mass is 14.6. The molecule has 0 amide bonds. The second kappa shape index (κ2) is 6.21. The molecular formula is C20H18N2. The molecule has 4 N–H and O–H groups in total. The van der Waals surface area contributed by atoms with Crippen molar-refractivity contribution in [3.63, 3.8) is 0 Å². The van der Waals surface area contributed by atoms with Crippen molar-refractivity contribution in [2.24, 2.45) is 11.5 Å². The van der Waals surface area contributed by atoms with Gasteiger partial charge in [0, 0.05) is 29.0 Å². The number of hydrogen-bond donors (Lipinski definition) is 2. The van der Waals surface area contributed by atoms with E-state index in [0.717, 1.165) is 33.7 Å². The van der Waals surface area contributed by atoms with E-state index >= 15 is 0 Å². The zero-order valence-electron chi connectivity index (χ0n) is 12.3. The van der Waals surface area contributed by atoms with Crippen LogP contribution in [0.3, 0.4) is 0 Å². The Balaban J connectivity index is 2.21. The van der Waals surface area contributed by atoms with Gasteiger partial charge in [0.15, 0.2) is 0 Å². The van der Waals surface area contributed by atoms with Crippen molar-refractivity contribution in [2.45, 2.75) is 6.42 Å². The molecule has 3 rings (SSSR count). The van der Waals surface area contributed by atoms with Crippen molar-refractivity contribution < 1.29 is 0 Å². The van der Waals surface area contributed by atoms with E-state index in [9.17, 15) is 0 Å². The van der Waals surface area contributed by atoms with Gasteiger partial charge in [0.25, 0.3) is 0 Å². The van der Waals surface area contributed by atoms with Crippen LogP contribution in [-0.4, -0.2) is 0 Å². The molecule has 0 heterocycles. The normalized spacial score (nSPS) is 13.9. The Morgan fingerprint density at radius 2 is 1.32 bits per heavy atom. The standard InChI is InChI=1S/C20H18N2/c21-18-11-12-20(22)17(13-18)14-19(15-7-3-1-4-8-15)16-9-5-2-6-10-16/h1-12H,13,21-22H2. The minimum absolute atomic E-state index is 0.630. The Morgan fingerprint density at radius 1 is 0.773 bits per heavy atom. The number of hydrogen-bond acceptors (Lipinski definition) is 2. The number of nitrogens with two attached hydrogens (primary N) is 2. The fraction of sp³-hybridized carbons (Fsp3) is 0.0500. The van der Waals surface area contributed by atoms with Crippen LogP contribution in [0.1, 0.15) is 17.5 Å². The van der Waals surface area contributed by atoms with Gasteiger partial charge in [0.05, 0.1) is 0 Å². The zero-order chi connectivity index (χ0) is 15.4. The van der Waals surface area contributed by atoms with Crippen LogP contribution >= 0.6 is 0 Å². The first-order valence-corrected chi connectivity index (χ1v) is 7.27. The smallest absolute Gasteiger partial charge is 0.0429 e. The van der Waals surface area contributed by atoms with E-state index in [4.69, 9.17) is 11.5 Å². The van der Waals surface area contributed by atoms with Gasteiger partial charge >= 0.3 is 0 Å². The van der Waals surface area contributed by atoms with Crippen LogP contribution in [0, 0.1) is 0 Å². The number of allylic oxidation sites excluding steroid dienone is 4. The van der Waals surface area contributed by atoms with E-state index < -0.39 is 0 Å². The van der Waals surface area contributed by atoms with Crippen molar-refractivity contribution in [1.82, 2.24) is 0 Å². The van der Waals surface area contributed by atoms with E-state index in [1.165, 1.54) is 0 Å². The lowest BCUT2D eigenvalue weighted by Gasteiger charge is -2.12. The van der Waals surface area contributed by atoms with Gasteiger partial charge in [-0.3, -0.25) is 0 Å². The summed E-state index contributed by atoms with van der Waals surface area (Å²) in [4.78, 5) is 0. The molecule has 0 saturated heterocycles. The van der Waals surface area contributed by atoms with Gasteiger partial charge in [-0.05, 0) is 23.3 Å². The van der Waals surface area contributed by atoms with Gasteiger partial charge in [-0.2, -0.15) is 0 Å². The SMILES string of the molecule is NC1=CC=C(N)C(=C=C(c2ccccc2)c2ccccc2)C1. The molecule has 0 radical (unpaired) electrons. The molecule has 0 aromatic heterocycles. The molecule has 108 valence electrons. The van der Waals surface area contributed by atoms with Crippen LogP contribution in [0.2, 0.25) is 0 Å². The molecule has 0 aliphatic heterocycles. The molecule has 1 aliphatic rings. The van der Waals surface area contributed by atoms with E-state index in [-0.39, 0.29) is 0 Å². The van der Waals surface area contributed by atoms with E-state index in [2.05, 4.69) is 30.0 Å². The van der Waals surface area contributed by atoms with Crippen LogP contribution in [0.4, 0.5) is 0 Å². The Morgan fingerprint density at radius 3 is 1.86 bits per heavy atom. The zero-order valence-corrected chi connectivity index (χ0v) is 12.3. The largest absolute Gasteiger partial charge is 0.402 e. The maximum absolute atomic E-state index is 6.09. The quantitative estimate of drug-likeness (QED) is 0.826. The Kier molecular flexibility index (Phi) is 3.95. The summed E-state index contributed by atoms with van der Waals surface area (Å²) in [5.41, 5.74) is 21.2. The van der Waals surface area contributed by atoms with Gasteiger partial charge in [-0.15, -0.1) is 5.73 Å². The third-order valence-corrected chi connectivity index (χ3v) is 3.61. The first kappa shape index (κ1) is 14.0. The highest BCUT2D eigenvalue weighted by Gasteiger charge is 2.09. The van der Waals surface area contributed by atoms with Crippen molar-refractivity contribution in [3.05, 3.63) is 107 Å². The molecule has 0 unspecified atom stereocenters. The minimum atomic E-state index is 0.630. The lowest BCUT2D eigenvalue weighted by molar-refractivity contribution is 1.05. The van der Waals surface area contributed by atoms with Crippen LogP contribution in [0.5, 0.6) is 0 Å². The monoisotopic (exact) mass is 286 g/mol. The first-order chi connectivity index (χ1) is 10.7. The molecule has 0 atom stereocenters. The summed E-state index contributed by atoms with van der Waals surface area (Å²) < 4.78 is 0. The average Bonchev–Trinajstić information content (AvgIpc) is 2.57. The third kappa shape index (κ3) is 3.03. The predicted octanol–water partition coefficient (Wildman–Crippen LogP) is 3.73. The summed E-state index contributed by atoms with van der Waals surface area (Å²) in [6.07, 6.45) is 4.32. The molecule has 2 aromatic carbocycles. The third-order valence-electron chi connectivity index (χ3n) is 3.61. The van der Waals surface area contributed by atoms with E-state index in [1.54, 1.807) is 0 Å². The molecule has 1 aliphatic carbocycles. The molecule has 0 fully saturated rings. The van der Waals surface area contributed by atoms with Crippen LogP contribution in [-0.2, 0) is 0 Å². The molecule has 2 nitrogen and oxygen atoms in total. The van der Waals surface area contributed by atoms with Crippen molar-refractivity contribution in [2.75, 3.05) is 0 Å². The second-order valence-electron chi connectivity index (χ2n) is 5.25. The molecule has 2 heteroatoms. The summed E-state index contributed by atoms with van der Waals surface area (Å²) in [6, 6.07) is 20.4. The first-order valence-electron chi connectivity index (χ1n) is 7.27. The molecule has 0 saturated carbocycles. The van der Waals surface area contributed by atoms with Gasteiger partial charge < -0.3 is 11.5 Å². The summed E-state index contributed by atoms with van der Waals surface area (Å²) in [5.74, 6) is 0. The Labute approximate surface area is 130 Å².